The molecule has 17 heavy (non-hydrogen) atoms. The topological polar surface area (TPSA) is 40.5 Å². The lowest BCUT2D eigenvalue weighted by Crippen LogP contribution is -2.37. The Morgan fingerprint density at radius 3 is 2.41 bits per heavy atom. The molecule has 0 aromatic rings. The highest BCUT2D eigenvalue weighted by Gasteiger charge is 2.35. The van der Waals surface area contributed by atoms with Gasteiger partial charge in [0.1, 0.15) is 5.60 Å². The number of hydrogen-bond acceptors (Lipinski definition) is 2. The van der Waals surface area contributed by atoms with Crippen LogP contribution in [0.4, 0.5) is 0 Å². The van der Waals surface area contributed by atoms with Crippen molar-refractivity contribution in [1.29, 1.82) is 0 Å². The molecule has 0 aromatic heterocycles. The first-order valence-corrected chi connectivity index (χ1v) is 6.70. The van der Waals surface area contributed by atoms with Crippen molar-refractivity contribution in [3.05, 3.63) is 22.8 Å². The Kier molecular flexibility index (Phi) is 4.96. The molecule has 1 aliphatic rings. The minimum Gasteiger partial charge on any atom is -0.385 e. The third kappa shape index (κ3) is 2.99. The molecular formula is C15H26O2. The molecule has 0 amide bonds. The number of aliphatic hydroxyl groups is 2. The van der Waals surface area contributed by atoms with Gasteiger partial charge in [-0.1, -0.05) is 26.2 Å². The molecule has 0 saturated carbocycles. The first kappa shape index (κ1) is 14.5. The van der Waals surface area contributed by atoms with Gasteiger partial charge < -0.3 is 10.2 Å². The summed E-state index contributed by atoms with van der Waals surface area (Å²) in [6.45, 7) is 7.94. The Balaban J connectivity index is 2.75. The molecule has 0 radical (unpaired) electrons. The van der Waals surface area contributed by atoms with Crippen LogP contribution in [0.15, 0.2) is 22.8 Å². The summed E-state index contributed by atoms with van der Waals surface area (Å²) in [5.74, 6) is 0. The number of aliphatic hydroxyl groups excluding tert-OH is 1. The van der Waals surface area contributed by atoms with Crippen LogP contribution in [0.1, 0.15) is 59.8 Å². The van der Waals surface area contributed by atoms with E-state index in [0.717, 1.165) is 29.6 Å². The van der Waals surface area contributed by atoms with Gasteiger partial charge >= 0.3 is 0 Å². The normalized spacial score (nSPS) is 29.5. The van der Waals surface area contributed by atoms with Gasteiger partial charge in [0.2, 0.25) is 0 Å². The average Bonchev–Trinajstić information content (AvgIpc) is 2.30. The summed E-state index contributed by atoms with van der Waals surface area (Å²) in [6.07, 6.45) is 6.67. The average molecular weight is 238 g/mol. The van der Waals surface area contributed by atoms with Gasteiger partial charge in [0.15, 0.2) is 0 Å². The molecule has 0 fully saturated rings. The highest BCUT2D eigenvalue weighted by molar-refractivity contribution is 5.41. The molecule has 2 atom stereocenters. The van der Waals surface area contributed by atoms with Crippen molar-refractivity contribution < 1.29 is 10.2 Å². The summed E-state index contributed by atoms with van der Waals surface area (Å²) in [4.78, 5) is 0. The molecule has 0 saturated heterocycles. The SMILES string of the molecule is CCCCCCC1(O)C(C)=CC(O)C(C)=C1C. The lowest BCUT2D eigenvalue weighted by atomic mass is 9.76. The van der Waals surface area contributed by atoms with Crippen LogP contribution in [0.3, 0.4) is 0 Å². The fourth-order valence-electron chi connectivity index (χ4n) is 2.54. The number of rotatable bonds is 5. The standard InChI is InChI=1S/C15H26O2/c1-5-6-7-8-9-15(17)11(2)10-14(16)12(3)13(15)4/h10,14,16-17H,5-9H2,1-4H3. The Morgan fingerprint density at radius 2 is 1.82 bits per heavy atom. The second kappa shape index (κ2) is 5.83. The van der Waals surface area contributed by atoms with Gasteiger partial charge in [-0.05, 0) is 56.4 Å². The van der Waals surface area contributed by atoms with Crippen molar-refractivity contribution in [1.82, 2.24) is 0 Å². The van der Waals surface area contributed by atoms with Gasteiger partial charge in [-0.25, -0.2) is 0 Å². The van der Waals surface area contributed by atoms with Crippen molar-refractivity contribution >= 4 is 0 Å². The van der Waals surface area contributed by atoms with Crippen LogP contribution in [-0.4, -0.2) is 21.9 Å². The molecule has 0 spiro atoms. The van der Waals surface area contributed by atoms with Gasteiger partial charge in [-0.2, -0.15) is 0 Å². The van der Waals surface area contributed by atoms with E-state index in [1.807, 2.05) is 20.8 Å². The minimum atomic E-state index is -0.822. The van der Waals surface area contributed by atoms with Crippen molar-refractivity contribution in [2.75, 3.05) is 0 Å². The van der Waals surface area contributed by atoms with Crippen LogP contribution in [-0.2, 0) is 0 Å². The van der Waals surface area contributed by atoms with Crippen molar-refractivity contribution in [3.8, 4) is 0 Å². The van der Waals surface area contributed by atoms with Crippen LogP contribution in [0.5, 0.6) is 0 Å². The molecule has 2 unspecified atom stereocenters. The zero-order valence-electron chi connectivity index (χ0n) is 11.6. The Labute approximate surface area is 105 Å². The van der Waals surface area contributed by atoms with Crippen molar-refractivity contribution in [2.24, 2.45) is 0 Å². The lowest BCUT2D eigenvalue weighted by Gasteiger charge is -2.36. The number of unbranched alkanes of at least 4 members (excludes halogenated alkanes) is 3. The van der Waals surface area contributed by atoms with Crippen LogP contribution in [0.25, 0.3) is 0 Å². The second-order valence-corrected chi connectivity index (χ2v) is 5.27. The van der Waals surface area contributed by atoms with Crippen LogP contribution < -0.4 is 0 Å². The minimum absolute atomic E-state index is 0.522. The molecule has 0 aromatic carbocycles. The van der Waals surface area contributed by atoms with E-state index in [9.17, 15) is 10.2 Å². The quantitative estimate of drug-likeness (QED) is 0.569. The molecule has 0 bridgehead atoms. The predicted molar refractivity (Wildman–Crippen MR) is 71.8 cm³/mol. The first-order chi connectivity index (χ1) is 7.93. The van der Waals surface area contributed by atoms with E-state index < -0.39 is 11.7 Å². The molecule has 1 rings (SSSR count). The second-order valence-electron chi connectivity index (χ2n) is 5.27. The molecule has 0 heterocycles. The Hall–Kier alpha value is -0.600. The van der Waals surface area contributed by atoms with E-state index >= 15 is 0 Å². The molecule has 1 aliphatic carbocycles. The monoisotopic (exact) mass is 238 g/mol. The summed E-state index contributed by atoms with van der Waals surface area (Å²) >= 11 is 0. The maximum atomic E-state index is 10.8. The van der Waals surface area contributed by atoms with E-state index in [0.29, 0.717) is 0 Å². The summed E-state index contributed by atoms with van der Waals surface area (Å²) in [5.41, 5.74) is 1.90. The van der Waals surface area contributed by atoms with Crippen molar-refractivity contribution in [2.45, 2.75) is 71.5 Å². The van der Waals surface area contributed by atoms with E-state index in [-0.39, 0.29) is 0 Å². The Morgan fingerprint density at radius 1 is 1.18 bits per heavy atom. The van der Waals surface area contributed by atoms with Gasteiger partial charge in [-0.3, -0.25) is 0 Å². The summed E-state index contributed by atoms with van der Waals surface area (Å²) < 4.78 is 0. The van der Waals surface area contributed by atoms with Gasteiger partial charge in [0.05, 0.1) is 6.10 Å². The van der Waals surface area contributed by atoms with Crippen LogP contribution in [0, 0.1) is 0 Å². The fourth-order valence-corrected chi connectivity index (χ4v) is 2.54. The zero-order chi connectivity index (χ0) is 13.1. The fraction of sp³-hybridized carbons (Fsp3) is 0.733. The molecule has 0 aliphatic heterocycles. The Bertz CT molecular complexity index is 328. The van der Waals surface area contributed by atoms with Crippen molar-refractivity contribution in [3.63, 3.8) is 0 Å². The van der Waals surface area contributed by atoms with E-state index in [1.165, 1.54) is 19.3 Å². The summed E-state index contributed by atoms with van der Waals surface area (Å²) in [5, 5.41) is 20.6. The third-order valence-corrected chi connectivity index (χ3v) is 4.11. The van der Waals surface area contributed by atoms with Gasteiger partial charge in [-0.15, -0.1) is 0 Å². The molecule has 2 N–H and O–H groups in total. The first-order valence-electron chi connectivity index (χ1n) is 6.70. The molecule has 2 heteroatoms. The largest absolute Gasteiger partial charge is 0.385 e. The third-order valence-electron chi connectivity index (χ3n) is 4.11. The maximum absolute atomic E-state index is 10.8. The van der Waals surface area contributed by atoms with E-state index in [1.54, 1.807) is 6.08 Å². The zero-order valence-corrected chi connectivity index (χ0v) is 11.6. The summed E-state index contributed by atoms with van der Waals surface area (Å²) in [7, 11) is 0. The predicted octanol–water partition coefficient (Wildman–Crippen LogP) is 3.35. The number of hydrogen-bond donors (Lipinski definition) is 2. The lowest BCUT2D eigenvalue weighted by molar-refractivity contribution is 0.0927. The van der Waals surface area contributed by atoms with Gasteiger partial charge in [0, 0.05) is 0 Å². The van der Waals surface area contributed by atoms with Crippen LogP contribution in [0.2, 0.25) is 0 Å². The smallest absolute Gasteiger partial charge is 0.107 e. The van der Waals surface area contributed by atoms with Crippen LogP contribution >= 0.6 is 0 Å². The molecule has 2 nitrogen and oxygen atoms in total. The highest BCUT2D eigenvalue weighted by atomic mass is 16.3. The molecule has 98 valence electrons. The van der Waals surface area contributed by atoms with E-state index in [2.05, 4.69) is 6.92 Å². The van der Waals surface area contributed by atoms with E-state index in [4.69, 9.17) is 0 Å². The van der Waals surface area contributed by atoms with Gasteiger partial charge in [0.25, 0.3) is 0 Å². The summed E-state index contributed by atoms with van der Waals surface area (Å²) in [6, 6.07) is 0. The molecular weight excluding hydrogens is 212 g/mol. The highest BCUT2D eigenvalue weighted by Crippen LogP contribution is 2.37. The maximum Gasteiger partial charge on any atom is 0.107 e.